The van der Waals surface area contributed by atoms with Gasteiger partial charge in [-0.3, -0.25) is 0 Å². The van der Waals surface area contributed by atoms with Crippen LogP contribution in [0.3, 0.4) is 0 Å². The van der Waals surface area contributed by atoms with E-state index in [0.29, 0.717) is 11.3 Å². The van der Waals surface area contributed by atoms with E-state index in [1.807, 2.05) is 26.8 Å². The van der Waals surface area contributed by atoms with E-state index in [0.717, 1.165) is 5.56 Å². The molecule has 0 aromatic heterocycles. The molecular formula is C13H16N2O2. The topological polar surface area (TPSA) is 73.1 Å². The smallest absolute Gasteiger partial charge is 0.326 e. The van der Waals surface area contributed by atoms with Crippen molar-refractivity contribution in [1.29, 1.82) is 5.26 Å². The Balaban J connectivity index is 3.06. The molecule has 4 nitrogen and oxygen atoms in total. The number of rotatable bonds is 4. The van der Waals surface area contributed by atoms with Gasteiger partial charge < -0.3 is 10.4 Å². The van der Waals surface area contributed by atoms with Crippen molar-refractivity contribution in [3.63, 3.8) is 0 Å². The van der Waals surface area contributed by atoms with E-state index in [1.165, 1.54) is 0 Å². The van der Waals surface area contributed by atoms with Crippen LogP contribution in [0.5, 0.6) is 0 Å². The standard InChI is InChI=1S/C13H16N2O2/c1-8(2)12(13(16)17)15-11-6-4-5-9(3)10(11)7-14/h4-6,8,12,15H,1-3H3,(H,16,17). The molecule has 0 spiro atoms. The van der Waals surface area contributed by atoms with E-state index in [-0.39, 0.29) is 5.92 Å². The normalized spacial score (nSPS) is 11.9. The van der Waals surface area contributed by atoms with E-state index in [2.05, 4.69) is 11.4 Å². The first kappa shape index (κ1) is 13.0. The van der Waals surface area contributed by atoms with Crippen molar-refractivity contribution in [2.24, 2.45) is 5.92 Å². The van der Waals surface area contributed by atoms with Gasteiger partial charge in [-0.05, 0) is 24.5 Å². The van der Waals surface area contributed by atoms with Gasteiger partial charge in [-0.25, -0.2) is 4.79 Å². The number of nitrogens with zero attached hydrogens (tertiary/aromatic N) is 1. The maximum Gasteiger partial charge on any atom is 0.326 e. The third-order valence-corrected chi connectivity index (χ3v) is 2.63. The van der Waals surface area contributed by atoms with Crippen molar-refractivity contribution in [2.45, 2.75) is 26.8 Å². The number of carboxylic acid groups (broad SMARTS) is 1. The molecule has 1 unspecified atom stereocenters. The molecule has 1 aromatic carbocycles. The van der Waals surface area contributed by atoms with Crippen molar-refractivity contribution in [3.05, 3.63) is 29.3 Å². The summed E-state index contributed by atoms with van der Waals surface area (Å²) in [6, 6.07) is 6.76. The van der Waals surface area contributed by atoms with Gasteiger partial charge in [0, 0.05) is 0 Å². The Morgan fingerprint density at radius 1 is 1.47 bits per heavy atom. The van der Waals surface area contributed by atoms with Crippen molar-refractivity contribution >= 4 is 11.7 Å². The SMILES string of the molecule is Cc1cccc(NC(C(=O)O)C(C)C)c1C#N. The number of hydrogen-bond acceptors (Lipinski definition) is 3. The van der Waals surface area contributed by atoms with Crippen LogP contribution in [-0.2, 0) is 4.79 Å². The minimum absolute atomic E-state index is 0.0560. The van der Waals surface area contributed by atoms with Crippen molar-refractivity contribution in [1.82, 2.24) is 0 Å². The summed E-state index contributed by atoms with van der Waals surface area (Å²) in [5.74, 6) is -0.968. The average molecular weight is 232 g/mol. The molecule has 0 saturated carbocycles. The van der Waals surface area contributed by atoms with Crippen molar-refractivity contribution in [3.8, 4) is 6.07 Å². The molecule has 0 saturated heterocycles. The molecule has 4 heteroatoms. The largest absolute Gasteiger partial charge is 0.480 e. The highest BCUT2D eigenvalue weighted by molar-refractivity contribution is 5.78. The summed E-state index contributed by atoms with van der Waals surface area (Å²) >= 11 is 0. The molecule has 0 bridgehead atoms. The van der Waals surface area contributed by atoms with E-state index in [9.17, 15) is 4.79 Å². The quantitative estimate of drug-likeness (QED) is 0.836. The highest BCUT2D eigenvalue weighted by Gasteiger charge is 2.22. The Bertz CT molecular complexity index is 461. The van der Waals surface area contributed by atoms with Gasteiger partial charge in [0.15, 0.2) is 0 Å². The number of anilines is 1. The van der Waals surface area contributed by atoms with E-state index in [4.69, 9.17) is 10.4 Å². The monoisotopic (exact) mass is 232 g/mol. The number of hydrogen-bond donors (Lipinski definition) is 2. The Labute approximate surface area is 101 Å². The van der Waals surface area contributed by atoms with Gasteiger partial charge in [0.05, 0.1) is 11.3 Å². The van der Waals surface area contributed by atoms with Crippen LogP contribution in [0.2, 0.25) is 0 Å². The zero-order valence-corrected chi connectivity index (χ0v) is 10.2. The summed E-state index contributed by atoms with van der Waals surface area (Å²) in [4.78, 5) is 11.1. The predicted molar refractivity (Wildman–Crippen MR) is 65.8 cm³/mol. The lowest BCUT2D eigenvalue weighted by molar-refractivity contribution is -0.138. The average Bonchev–Trinajstić information content (AvgIpc) is 2.25. The lowest BCUT2D eigenvalue weighted by Crippen LogP contribution is -2.34. The van der Waals surface area contributed by atoms with E-state index >= 15 is 0 Å². The van der Waals surface area contributed by atoms with Crippen molar-refractivity contribution in [2.75, 3.05) is 5.32 Å². The second kappa shape index (κ2) is 5.35. The van der Waals surface area contributed by atoms with E-state index in [1.54, 1.807) is 12.1 Å². The van der Waals surface area contributed by atoms with Crippen LogP contribution >= 0.6 is 0 Å². The van der Waals surface area contributed by atoms with Gasteiger partial charge in [-0.1, -0.05) is 26.0 Å². The zero-order valence-electron chi connectivity index (χ0n) is 10.2. The van der Waals surface area contributed by atoms with Crippen LogP contribution in [0, 0.1) is 24.2 Å². The van der Waals surface area contributed by atoms with Crippen LogP contribution < -0.4 is 5.32 Å². The maximum atomic E-state index is 11.1. The van der Waals surface area contributed by atoms with Crippen LogP contribution in [0.15, 0.2) is 18.2 Å². The summed E-state index contributed by atoms with van der Waals surface area (Å²) in [5.41, 5.74) is 1.92. The van der Waals surface area contributed by atoms with Crippen LogP contribution in [0.25, 0.3) is 0 Å². The van der Waals surface area contributed by atoms with E-state index < -0.39 is 12.0 Å². The fourth-order valence-corrected chi connectivity index (χ4v) is 1.62. The second-order valence-electron chi connectivity index (χ2n) is 4.31. The number of carbonyl (C=O) groups is 1. The Morgan fingerprint density at radius 2 is 2.12 bits per heavy atom. The minimum atomic E-state index is -0.912. The van der Waals surface area contributed by atoms with Crippen LogP contribution in [0.1, 0.15) is 25.0 Å². The summed E-state index contributed by atoms with van der Waals surface area (Å²) in [6.45, 7) is 5.48. The molecule has 0 aliphatic heterocycles. The van der Waals surface area contributed by atoms with Gasteiger partial charge in [-0.15, -0.1) is 0 Å². The summed E-state index contributed by atoms with van der Waals surface area (Å²) in [5, 5.41) is 21.1. The molecule has 0 heterocycles. The minimum Gasteiger partial charge on any atom is -0.480 e. The highest BCUT2D eigenvalue weighted by atomic mass is 16.4. The lowest BCUT2D eigenvalue weighted by Gasteiger charge is -2.20. The molecule has 1 rings (SSSR count). The summed E-state index contributed by atoms with van der Waals surface area (Å²) in [7, 11) is 0. The Kier molecular flexibility index (Phi) is 4.11. The fraction of sp³-hybridized carbons (Fsp3) is 0.385. The molecule has 0 fully saturated rings. The molecule has 1 atom stereocenters. The summed E-state index contributed by atoms with van der Waals surface area (Å²) < 4.78 is 0. The molecule has 0 aliphatic carbocycles. The molecule has 0 radical (unpaired) electrons. The molecule has 0 amide bonds. The first-order valence-electron chi connectivity index (χ1n) is 5.46. The number of nitriles is 1. The van der Waals surface area contributed by atoms with Crippen LogP contribution in [-0.4, -0.2) is 17.1 Å². The third-order valence-electron chi connectivity index (χ3n) is 2.63. The number of carboxylic acids is 1. The molecule has 17 heavy (non-hydrogen) atoms. The van der Waals surface area contributed by atoms with Crippen LogP contribution in [0.4, 0.5) is 5.69 Å². The Hall–Kier alpha value is -2.02. The lowest BCUT2D eigenvalue weighted by atomic mass is 10.0. The number of aliphatic carboxylic acids is 1. The molecule has 1 aromatic rings. The summed E-state index contributed by atoms with van der Waals surface area (Å²) in [6.07, 6.45) is 0. The van der Waals surface area contributed by atoms with Crippen molar-refractivity contribution < 1.29 is 9.90 Å². The fourth-order valence-electron chi connectivity index (χ4n) is 1.62. The maximum absolute atomic E-state index is 11.1. The Morgan fingerprint density at radius 3 is 2.59 bits per heavy atom. The predicted octanol–water partition coefficient (Wildman–Crippen LogP) is 2.39. The van der Waals surface area contributed by atoms with Gasteiger partial charge in [0.1, 0.15) is 12.1 Å². The molecular weight excluding hydrogens is 216 g/mol. The van der Waals surface area contributed by atoms with Gasteiger partial charge in [-0.2, -0.15) is 5.26 Å². The van der Waals surface area contributed by atoms with Gasteiger partial charge in [0.2, 0.25) is 0 Å². The molecule has 0 aliphatic rings. The first-order chi connectivity index (χ1) is 7.97. The molecule has 90 valence electrons. The van der Waals surface area contributed by atoms with Gasteiger partial charge in [0.25, 0.3) is 0 Å². The number of nitrogens with one attached hydrogen (secondary N) is 1. The first-order valence-corrected chi connectivity index (χ1v) is 5.46. The number of benzene rings is 1. The number of aryl methyl sites for hydroxylation is 1. The third kappa shape index (κ3) is 2.97. The molecule has 2 N–H and O–H groups in total. The highest BCUT2D eigenvalue weighted by Crippen LogP contribution is 2.20. The van der Waals surface area contributed by atoms with Gasteiger partial charge >= 0.3 is 5.97 Å². The zero-order chi connectivity index (χ0) is 13.0. The second-order valence-corrected chi connectivity index (χ2v) is 4.31.